The summed E-state index contributed by atoms with van der Waals surface area (Å²) in [6.07, 6.45) is 8.19. The number of nitrogen functional groups attached to an aromatic ring is 1. The van der Waals surface area contributed by atoms with Gasteiger partial charge in [-0.25, -0.2) is 0 Å². The fourth-order valence-corrected chi connectivity index (χ4v) is 5.47. The Bertz CT molecular complexity index is 542. The second-order valence-corrected chi connectivity index (χ2v) is 7.71. The lowest BCUT2D eigenvalue weighted by molar-refractivity contribution is -0.0503. The van der Waals surface area contributed by atoms with Crippen molar-refractivity contribution < 1.29 is 4.79 Å². The monoisotopic (exact) mass is 288 g/mol. The van der Waals surface area contributed by atoms with E-state index in [1.165, 1.54) is 38.5 Å². The zero-order valence-corrected chi connectivity index (χ0v) is 12.6. The Kier molecular flexibility index (Phi) is 2.81. The second-order valence-electron chi connectivity index (χ2n) is 7.71. The SMILES string of the molecule is Cc1[nH]nc(C(=O)NCC23CC4CC(CC(C4)C2)C3)c1N. The molecule has 5 heteroatoms. The van der Waals surface area contributed by atoms with Crippen molar-refractivity contribution in [3.63, 3.8) is 0 Å². The van der Waals surface area contributed by atoms with Gasteiger partial charge in [-0.05, 0) is 68.6 Å². The van der Waals surface area contributed by atoms with Gasteiger partial charge in [0.1, 0.15) is 0 Å². The lowest BCUT2D eigenvalue weighted by Gasteiger charge is -2.56. The normalized spacial score (nSPS) is 36.9. The van der Waals surface area contributed by atoms with Crippen LogP contribution >= 0.6 is 0 Å². The summed E-state index contributed by atoms with van der Waals surface area (Å²) in [7, 11) is 0. The average molecular weight is 288 g/mol. The predicted molar refractivity (Wildman–Crippen MR) is 80.7 cm³/mol. The maximum absolute atomic E-state index is 12.3. The first-order valence-corrected chi connectivity index (χ1v) is 8.13. The molecule has 4 aliphatic rings. The first kappa shape index (κ1) is 13.2. The van der Waals surface area contributed by atoms with Crippen LogP contribution in [0.3, 0.4) is 0 Å². The molecule has 0 unspecified atom stereocenters. The Labute approximate surface area is 125 Å². The van der Waals surface area contributed by atoms with E-state index in [4.69, 9.17) is 5.73 Å². The first-order chi connectivity index (χ1) is 10.0. The lowest BCUT2D eigenvalue weighted by Crippen LogP contribution is -2.51. The van der Waals surface area contributed by atoms with Crippen LogP contribution in [0.2, 0.25) is 0 Å². The topological polar surface area (TPSA) is 83.8 Å². The Hall–Kier alpha value is -1.52. The number of nitrogens with zero attached hydrogens (tertiary/aromatic N) is 1. The maximum Gasteiger partial charge on any atom is 0.273 e. The van der Waals surface area contributed by atoms with Gasteiger partial charge in [-0.15, -0.1) is 0 Å². The van der Waals surface area contributed by atoms with Gasteiger partial charge in [-0.2, -0.15) is 5.10 Å². The molecule has 4 fully saturated rings. The summed E-state index contributed by atoms with van der Waals surface area (Å²) in [5, 5.41) is 9.90. The molecule has 1 amide bonds. The molecule has 1 heterocycles. The van der Waals surface area contributed by atoms with Gasteiger partial charge in [-0.1, -0.05) is 0 Å². The zero-order chi connectivity index (χ0) is 14.6. The van der Waals surface area contributed by atoms with E-state index in [0.717, 1.165) is 30.0 Å². The summed E-state index contributed by atoms with van der Waals surface area (Å²) < 4.78 is 0. The van der Waals surface area contributed by atoms with Gasteiger partial charge >= 0.3 is 0 Å². The van der Waals surface area contributed by atoms with Crippen molar-refractivity contribution in [2.75, 3.05) is 12.3 Å². The van der Waals surface area contributed by atoms with Gasteiger partial charge in [0.15, 0.2) is 5.69 Å². The molecule has 21 heavy (non-hydrogen) atoms. The number of nitrogens with one attached hydrogen (secondary N) is 2. The molecular formula is C16H24N4O. The van der Waals surface area contributed by atoms with Crippen LogP contribution in [0.5, 0.6) is 0 Å². The fraction of sp³-hybridized carbons (Fsp3) is 0.750. The largest absolute Gasteiger partial charge is 0.395 e. The highest BCUT2D eigenvalue weighted by molar-refractivity contribution is 5.97. The van der Waals surface area contributed by atoms with Crippen molar-refractivity contribution in [1.82, 2.24) is 15.5 Å². The molecule has 4 aliphatic carbocycles. The summed E-state index contributed by atoms with van der Waals surface area (Å²) in [4.78, 5) is 12.3. The van der Waals surface area contributed by atoms with E-state index < -0.39 is 0 Å². The Morgan fingerprint density at radius 3 is 2.33 bits per heavy atom. The van der Waals surface area contributed by atoms with Crippen LogP contribution in [0, 0.1) is 30.1 Å². The van der Waals surface area contributed by atoms with Gasteiger partial charge < -0.3 is 11.1 Å². The van der Waals surface area contributed by atoms with Crippen molar-refractivity contribution in [3.05, 3.63) is 11.4 Å². The minimum absolute atomic E-state index is 0.132. The molecule has 0 aromatic carbocycles. The third-order valence-corrected chi connectivity index (χ3v) is 6.00. The molecule has 0 spiro atoms. The van der Waals surface area contributed by atoms with E-state index in [9.17, 15) is 4.79 Å². The number of nitrogens with two attached hydrogens (primary N) is 1. The summed E-state index contributed by atoms with van der Waals surface area (Å²) >= 11 is 0. The Morgan fingerprint density at radius 2 is 1.86 bits per heavy atom. The molecular weight excluding hydrogens is 264 g/mol. The van der Waals surface area contributed by atoms with Crippen molar-refractivity contribution in [2.24, 2.45) is 23.2 Å². The molecule has 1 aromatic heterocycles. The molecule has 1 aromatic rings. The summed E-state index contributed by atoms with van der Waals surface area (Å²) in [6, 6.07) is 0. The minimum Gasteiger partial charge on any atom is -0.395 e. The van der Waals surface area contributed by atoms with Crippen molar-refractivity contribution in [3.8, 4) is 0 Å². The zero-order valence-electron chi connectivity index (χ0n) is 12.6. The number of hydrogen-bond donors (Lipinski definition) is 3. The molecule has 0 aliphatic heterocycles. The average Bonchev–Trinajstić information content (AvgIpc) is 2.75. The maximum atomic E-state index is 12.3. The number of carbonyl (C=O) groups excluding carboxylic acids is 1. The fourth-order valence-electron chi connectivity index (χ4n) is 5.47. The highest BCUT2D eigenvalue weighted by Crippen LogP contribution is 2.59. The van der Waals surface area contributed by atoms with Gasteiger partial charge in [0.25, 0.3) is 5.91 Å². The van der Waals surface area contributed by atoms with E-state index in [-0.39, 0.29) is 5.91 Å². The third kappa shape index (κ3) is 2.14. The van der Waals surface area contributed by atoms with Gasteiger partial charge in [0.05, 0.1) is 11.4 Å². The molecule has 5 rings (SSSR count). The van der Waals surface area contributed by atoms with Crippen molar-refractivity contribution in [2.45, 2.75) is 45.4 Å². The molecule has 0 atom stereocenters. The number of aromatic amines is 1. The quantitative estimate of drug-likeness (QED) is 0.797. The number of H-pyrrole nitrogens is 1. The van der Waals surface area contributed by atoms with Crippen LogP contribution in [0.4, 0.5) is 5.69 Å². The minimum atomic E-state index is -0.132. The smallest absolute Gasteiger partial charge is 0.273 e. The van der Waals surface area contributed by atoms with E-state index in [2.05, 4.69) is 15.5 Å². The molecule has 4 bridgehead atoms. The van der Waals surface area contributed by atoms with Gasteiger partial charge in [0, 0.05) is 6.54 Å². The molecule has 5 nitrogen and oxygen atoms in total. The number of anilines is 1. The second kappa shape index (κ2) is 4.49. The van der Waals surface area contributed by atoms with E-state index in [1.807, 2.05) is 6.92 Å². The number of amides is 1. The standard InChI is InChI=1S/C16H24N4O/c1-9-13(17)14(20-19-9)15(21)18-8-16-5-10-2-11(6-16)4-12(3-10)7-16/h10-12H,2-8,17H2,1H3,(H,18,21)(H,19,20). The number of hydrogen-bond acceptors (Lipinski definition) is 3. The highest BCUT2D eigenvalue weighted by atomic mass is 16.1. The molecule has 0 saturated heterocycles. The Morgan fingerprint density at radius 1 is 1.29 bits per heavy atom. The molecule has 4 N–H and O–H groups in total. The summed E-state index contributed by atoms with van der Waals surface area (Å²) in [6.45, 7) is 2.62. The first-order valence-electron chi connectivity index (χ1n) is 8.13. The van der Waals surface area contributed by atoms with Crippen LogP contribution in [0.1, 0.15) is 54.7 Å². The van der Waals surface area contributed by atoms with Crippen LogP contribution < -0.4 is 11.1 Å². The molecule has 0 radical (unpaired) electrons. The van der Waals surface area contributed by atoms with Crippen LogP contribution in [-0.2, 0) is 0 Å². The van der Waals surface area contributed by atoms with Crippen LogP contribution in [0.15, 0.2) is 0 Å². The van der Waals surface area contributed by atoms with E-state index in [1.54, 1.807) is 0 Å². The highest BCUT2D eigenvalue weighted by Gasteiger charge is 2.50. The number of aryl methyl sites for hydroxylation is 1. The number of rotatable bonds is 3. The molecule has 114 valence electrons. The van der Waals surface area contributed by atoms with Gasteiger partial charge in [-0.3, -0.25) is 9.89 Å². The number of carbonyl (C=O) groups is 1. The summed E-state index contributed by atoms with van der Waals surface area (Å²) in [5.74, 6) is 2.59. The van der Waals surface area contributed by atoms with Crippen LogP contribution in [0.25, 0.3) is 0 Å². The number of aromatic nitrogens is 2. The van der Waals surface area contributed by atoms with Crippen molar-refractivity contribution in [1.29, 1.82) is 0 Å². The molecule has 4 saturated carbocycles. The Balaban J connectivity index is 1.45. The summed E-state index contributed by atoms with van der Waals surface area (Å²) in [5.41, 5.74) is 7.81. The van der Waals surface area contributed by atoms with Crippen molar-refractivity contribution >= 4 is 11.6 Å². The third-order valence-electron chi connectivity index (χ3n) is 6.00. The van der Waals surface area contributed by atoms with Crippen LogP contribution in [-0.4, -0.2) is 22.6 Å². The lowest BCUT2D eigenvalue weighted by atomic mass is 9.49. The predicted octanol–water partition coefficient (Wildman–Crippen LogP) is 2.25. The van der Waals surface area contributed by atoms with E-state index >= 15 is 0 Å². The van der Waals surface area contributed by atoms with E-state index in [0.29, 0.717) is 16.8 Å². The van der Waals surface area contributed by atoms with Gasteiger partial charge in [0.2, 0.25) is 0 Å².